The Kier molecular flexibility index (Phi) is 4.53. The molecule has 0 aliphatic carbocycles. The summed E-state index contributed by atoms with van der Waals surface area (Å²) in [5.41, 5.74) is 1.24. The molecule has 1 N–H and O–H groups in total. The predicted octanol–water partition coefficient (Wildman–Crippen LogP) is 5.78. The van der Waals surface area contributed by atoms with Crippen LogP contribution in [0.5, 0.6) is 0 Å². The van der Waals surface area contributed by atoms with Gasteiger partial charge in [0.2, 0.25) is 0 Å². The number of rotatable bonds is 4. The fourth-order valence-electron chi connectivity index (χ4n) is 4.18. The van der Waals surface area contributed by atoms with Crippen molar-refractivity contribution in [1.29, 1.82) is 0 Å². The van der Waals surface area contributed by atoms with Gasteiger partial charge in [0.15, 0.2) is 0 Å². The van der Waals surface area contributed by atoms with Gasteiger partial charge in [-0.15, -0.1) is 0 Å². The zero-order valence-electron chi connectivity index (χ0n) is 15.8. The van der Waals surface area contributed by atoms with E-state index >= 15 is 0 Å². The molecule has 1 aliphatic heterocycles. The monoisotopic (exact) mass is 450 g/mol. The molecule has 0 spiro atoms. The summed E-state index contributed by atoms with van der Waals surface area (Å²) in [7, 11) is 0. The molecule has 0 radical (unpaired) electrons. The van der Waals surface area contributed by atoms with E-state index in [4.69, 9.17) is 23.2 Å². The van der Waals surface area contributed by atoms with Gasteiger partial charge in [-0.25, -0.2) is 0 Å². The molecule has 4 aromatic rings. The van der Waals surface area contributed by atoms with Gasteiger partial charge in [-0.2, -0.15) is 0 Å². The van der Waals surface area contributed by atoms with Crippen LogP contribution in [0.2, 0.25) is 10.0 Å². The Balaban J connectivity index is 2.01. The van der Waals surface area contributed by atoms with E-state index in [0.29, 0.717) is 21.4 Å². The minimum atomic E-state index is -4.17. The average molecular weight is 451 g/mol. The van der Waals surface area contributed by atoms with Crippen LogP contribution < -0.4 is 21.2 Å². The molecule has 0 atom stereocenters. The van der Waals surface area contributed by atoms with Crippen LogP contribution in [0, 0.1) is 0 Å². The normalized spacial score (nSPS) is 13.8. The first-order valence-electron chi connectivity index (χ1n) is 9.42. The van der Waals surface area contributed by atoms with Gasteiger partial charge in [0.05, 0.1) is 0 Å². The van der Waals surface area contributed by atoms with Crippen molar-refractivity contribution in [3.05, 3.63) is 107 Å². The van der Waals surface area contributed by atoms with Crippen LogP contribution in [0.3, 0.4) is 0 Å². The molecule has 3 nitrogen and oxygen atoms in total. The SMILES string of the molecule is OP(c1ccccc1)(c1ccccc1)(c1ccc(Cl)cc1)c1ccc(Cl)c2c1N=N2. The van der Waals surface area contributed by atoms with E-state index in [2.05, 4.69) is 10.2 Å². The van der Waals surface area contributed by atoms with Crippen LogP contribution >= 0.6 is 30.0 Å². The molecule has 30 heavy (non-hydrogen) atoms. The number of hydrogen-bond donors (Lipinski definition) is 1. The van der Waals surface area contributed by atoms with Crippen LogP contribution in [-0.2, 0) is 0 Å². The second-order valence-corrected chi connectivity index (χ2v) is 12.2. The topological polar surface area (TPSA) is 45.0 Å². The van der Waals surface area contributed by atoms with E-state index in [1.54, 1.807) is 6.07 Å². The van der Waals surface area contributed by atoms with Gasteiger partial charge in [0, 0.05) is 0 Å². The number of halogens is 2. The van der Waals surface area contributed by atoms with Crippen molar-refractivity contribution in [2.24, 2.45) is 10.2 Å². The number of hydrogen-bond acceptors (Lipinski definition) is 3. The van der Waals surface area contributed by atoms with Gasteiger partial charge in [0.25, 0.3) is 0 Å². The molecule has 148 valence electrons. The van der Waals surface area contributed by atoms with Gasteiger partial charge in [-0.05, 0) is 0 Å². The summed E-state index contributed by atoms with van der Waals surface area (Å²) >= 11 is 12.6. The zero-order chi connectivity index (χ0) is 20.8. The molecule has 4 aromatic carbocycles. The molecule has 0 unspecified atom stereocenters. The third-order valence-corrected chi connectivity index (χ3v) is 11.4. The molecule has 0 bridgehead atoms. The van der Waals surface area contributed by atoms with Gasteiger partial charge in [-0.3, -0.25) is 0 Å². The standard InChI is InChI=1S/C24H17Cl2N2OP/c25-17-11-13-20(14-12-17)30(29,18-7-3-1-4-8-18,19-9-5-2-6-10-19)22-16-15-21(26)23-24(22)28-27-23/h1-16,29H. The Morgan fingerprint density at radius 1 is 0.567 bits per heavy atom. The van der Waals surface area contributed by atoms with E-state index in [-0.39, 0.29) is 0 Å². The van der Waals surface area contributed by atoms with Crippen LogP contribution in [0.25, 0.3) is 0 Å². The quantitative estimate of drug-likeness (QED) is 0.346. The summed E-state index contributed by atoms with van der Waals surface area (Å²) in [6, 6.07) is 30.6. The second-order valence-electron chi connectivity index (χ2n) is 7.18. The Labute approximate surface area is 184 Å². The Morgan fingerprint density at radius 3 is 1.57 bits per heavy atom. The second kappa shape index (κ2) is 7.01. The van der Waals surface area contributed by atoms with Gasteiger partial charge in [-0.1, -0.05) is 0 Å². The van der Waals surface area contributed by atoms with Crippen molar-refractivity contribution in [2.75, 3.05) is 0 Å². The fraction of sp³-hybridized carbons (Fsp3) is 0. The summed E-state index contributed by atoms with van der Waals surface area (Å²) in [4.78, 5) is 13.3. The van der Waals surface area contributed by atoms with Gasteiger partial charge in [0.1, 0.15) is 0 Å². The molecule has 1 heterocycles. The van der Waals surface area contributed by atoms with Crippen molar-refractivity contribution in [3.63, 3.8) is 0 Å². The Hall–Kier alpha value is -2.55. The van der Waals surface area contributed by atoms with Crippen LogP contribution in [0.4, 0.5) is 11.4 Å². The fourth-order valence-corrected chi connectivity index (χ4v) is 9.39. The third kappa shape index (κ3) is 2.54. The van der Waals surface area contributed by atoms with Crippen molar-refractivity contribution in [2.45, 2.75) is 0 Å². The van der Waals surface area contributed by atoms with Crippen molar-refractivity contribution >= 4 is 62.6 Å². The van der Waals surface area contributed by atoms with E-state index in [1.807, 2.05) is 91.0 Å². The molecule has 6 heteroatoms. The average Bonchev–Trinajstić information content (AvgIpc) is 2.76. The minimum absolute atomic E-state index is 0.519. The molecular formula is C24H17Cl2N2OP. The third-order valence-electron chi connectivity index (χ3n) is 5.65. The van der Waals surface area contributed by atoms with Gasteiger partial charge >= 0.3 is 185 Å². The zero-order valence-corrected chi connectivity index (χ0v) is 18.2. The molecule has 1 aliphatic rings. The summed E-state index contributed by atoms with van der Waals surface area (Å²) in [6.07, 6.45) is 0. The number of benzene rings is 4. The van der Waals surface area contributed by atoms with Crippen molar-refractivity contribution in [3.8, 4) is 0 Å². The van der Waals surface area contributed by atoms with E-state index in [9.17, 15) is 4.89 Å². The number of nitrogens with zero attached hydrogens (tertiary/aromatic N) is 2. The van der Waals surface area contributed by atoms with Crippen LogP contribution in [0.15, 0.2) is 107 Å². The van der Waals surface area contributed by atoms with E-state index < -0.39 is 6.83 Å². The summed E-state index contributed by atoms with van der Waals surface area (Å²) in [6.45, 7) is -4.17. The molecule has 0 amide bonds. The summed E-state index contributed by atoms with van der Waals surface area (Å²) in [5.74, 6) is 0. The molecular weight excluding hydrogens is 434 g/mol. The molecule has 0 fully saturated rings. The first kappa shape index (κ1) is 19.4. The Morgan fingerprint density at radius 2 is 1.07 bits per heavy atom. The van der Waals surface area contributed by atoms with Crippen molar-refractivity contribution < 1.29 is 4.89 Å². The predicted molar refractivity (Wildman–Crippen MR) is 128 cm³/mol. The first-order chi connectivity index (χ1) is 14.5. The molecule has 5 rings (SSSR count). The Bertz CT molecular complexity index is 1240. The molecule has 0 saturated heterocycles. The van der Waals surface area contributed by atoms with Crippen LogP contribution in [0.1, 0.15) is 0 Å². The summed E-state index contributed by atoms with van der Waals surface area (Å²) < 4.78 is 0. The maximum absolute atomic E-state index is 13.3. The molecule has 0 aromatic heterocycles. The molecule has 0 saturated carbocycles. The first-order valence-corrected chi connectivity index (χ1v) is 12.4. The van der Waals surface area contributed by atoms with E-state index in [1.165, 1.54) is 0 Å². The van der Waals surface area contributed by atoms with Gasteiger partial charge < -0.3 is 0 Å². The van der Waals surface area contributed by atoms with E-state index in [0.717, 1.165) is 21.2 Å². The number of fused-ring (bicyclic) bond motifs is 1. The van der Waals surface area contributed by atoms with Crippen LogP contribution in [-0.4, -0.2) is 4.89 Å². The summed E-state index contributed by atoms with van der Waals surface area (Å²) in [5, 5.41) is 12.6. The number of azo groups is 1. The maximum atomic E-state index is 13.3. The van der Waals surface area contributed by atoms with Crippen molar-refractivity contribution in [1.82, 2.24) is 0 Å².